The average Bonchev–Trinajstić information content (AvgIpc) is 3.39. The summed E-state index contributed by atoms with van der Waals surface area (Å²) in [5.41, 5.74) is 1.06. The predicted molar refractivity (Wildman–Crippen MR) is 109 cm³/mol. The predicted octanol–water partition coefficient (Wildman–Crippen LogP) is 1.15. The Labute approximate surface area is 169 Å². The number of thioether (sulfide) groups is 1. The van der Waals surface area contributed by atoms with Gasteiger partial charge in [0.25, 0.3) is 5.91 Å². The molecular formula is C20H28N5O2S+. The molecule has 1 amide bonds. The quantitative estimate of drug-likeness (QED) is 0.535. The van der Waals surface area contributed by atoms with Crippen LogP contribution in [-0.2, 0) is 12.2 Å². The van der Waals surface area contributed by atoms with Crippen molar-refractivity contribution in [1.29, 1.82) is 0 Å². The average molecular weight is 403 g/mol. The maximum Gasteiger partial charge on any atom is 0.287 e. The summed E-state index contributed by atoms with van der Waals surface area (Å²) >= 11 is 1.55. The van der Waals surface area contributed by atoms with Gasteiger partial charge in [-0.1, -0.05) is 18.7 Å². The van der Waals surface area contributed by atoms with Crippen molar-refractivity contribution < 1.29 is 14.1 Å². The maximum atomic E-state index is 12.1. The van der Waals surface area contributed by atoms with E-state index < -0.39 is 0 Å². The van der Waals surface area contributed by atoms with E-state index in [0.29, 0.717) is 17.6 Å². The molecule has 3 heterocycles. The number of carbonyl (C=O) groups is 1. The molecule has 2 aliphatic rings. The van der Waals surface area contributed by atoms with Crippen molar-refractivity contribution in [2.75, 3.05) is 38.1 Å². The summed E-state index contributed by atoms with van der Waals surface area (Å²) in [6.07, 6.45) is 3.02. The Balaban J connectivity index is 1.40. The summed E-state index contributed by atoms with van der Waals surface area (Å²) in [6, 6.07) is 6.05. The topological polar surface area (TPSA) is 75.7 Å². The van der Waals surface area contributed by atoms with E-state index in [0.717, 1.165) is 67.9 Å². The number of nitrogens with one attached hydrogen (secondary N) is 2. The highest BCUT2D eigenvalue weighted by atomic mass is 32.2. The van der Waals surface area contributed by atoms with Gasteiger partial charge in [0.2, 0.25) is 0 Å². The Morgan fingerprint density at radius 3 is 2.82 bits per heavy atom. The molecule has 1 aliphatic heterocycles. The lowest BCUT2D eigenvalue weighted by Gasteiger charge is -2.31. The number of likely N-dealkylation sites (N-methyl/N-ethyl adjacent to an activating group) is 1. The zero-order valence-electron chi connectivity index (χ0n) is 16.5. The van der Waals surface area contributed by atoms with Crippen LogP contribution in [0.1, 0.15) is 41.8 Å². The molecule has 7 nitrogen and oxygen atoms in total. The van der Waals surface area contributed by atoms with Crippen LogP contribution in [0, 0.1) is 0 Å². The second-order valence-corrected chi connectivity index (χ2v) is 8.54. The van der Waals surface area contributed by atoms with Crippen LogP contribution < -0.4 is 15.1 Å². The molecule has 2 aromatic rings. The first-order valence-electron chi connectivity index (χ1n) is 10.1. The third-order valence-electron chi connectivity index (χ3n) is 5.19. The van der Waals surface area contributed by atoms with Gasteiger partial charge in [-0.25, -0.2) is 9.97 Å². The Morgan fingerprint density at radius 1 is 1.32 bits per heavy atom. The van der Waals surface area contributed by atoms with Gasteiger partial charge in [-0.05, 0) is 31.4 Å². The van der Waals surface area contributed by atoms with Gasteiger partial charge >= 0.3 is 0 Å². The molecule has 0 unspecified atom stereocenters. The minimum atomic E-state index is -0.123. The Morgan fingerprint density at radius 2 is 2.11 bits per heavy atom. The van der Waals surface area contributed by atoms with Crippen LogP contribution in [0.2, 0.25) is 0 Å². The molecule has 0 spiro atoms. The van der Waals surface area contributed by atoms with Gasteiger partial charge in [0.1, 0.15) is 11.6 Å². The third kappa shape index (κ3) is 4.86. The molecule has 0 aromatic carbocycles. The lowest BCUT2D eigenvalue weighted by molar-refractivity contribution is -0.880. The van der Waals surface area contributed by atoms with Crippen LogP contribution >= 0.6 is 11.8 Å². The fourth-order valence-electron chi connectivity index (χ4n) is 3.18. The number of piperazine rings is 1. The Bertz CT molecular complexity index is 828. The highest BCUT2D eigenvalue weighted by molar-refractivity contribution is 7.98. The van der Waals surface area contributed by atoms with Crippen molar-refractivity contribution in [3.63, 3.8) is 0 Å². The number of rotatable bonds is 7. The number of amides is 1. The molecule has 1 saturated heterocycles. The summed E-state index contributed by atoms with van der Waals surface area (Å²) in [5.74, 6) is 2.65. The summed E-state index contributed by atoms with van der Waals surface area (Å²) in [4.78, 5) is 25.4. The molecule has 1 saturated carbocycles. The molecule has 2 aromatic heterocycles. The van der Waals surface area contributed by atoms with Crippen LogP contribution in [0.15, 0.2) is 27.8 Å². The van der Waals surface area contributed by atoms with E-state index in [-0.39, 0.29) is 5.91 Å². The smallest absolute Gasteiger partial charge is 0.287 e. The lowest BCUT2D eigenvalue weighted by Crippen LogP contribution is -3.12. The van der Waals surface area contributed by atoms with Gasteiger partial charge in [-0.3, -0.25) is 4.79 Å². The largest absolute Gasteiger partial charge is 0.455 e. The first kappa shape index (κ1) is 19.3. The number of carbonyl (C=O) groups excluding carboxylic acids is 1. The van der Waals surface area contributed by atoms with Gasteiger partial charge in [-0.2, -0.15) is 0 Å². The van der Waals surface area contributed by atoms with Gasteiger partial charge in [-0.15, -0.1) is 0 Å². The van der Waals surface area contributed by atoms with E-state index in [2.05, 4.69) is 35.2 Å². The van der Waals surface area contributed by atoms with Crippen LogP contribution in [0.3, 0.4) is 0 Å². The minimum Gasteiger partial charge on any atom is -0.455 e. The normalized spacial score (nSPS) is 17.7. The van der Waals surface area contributed by atoms with E-state index in [1.165, 1.54) is 0 Å². The number of hydrogen-bond donors (Lipinski definition) is 2. The van der Waals surface area contributed by atoms with E-state index in [1.54, 1.807) is 22.7 Å². The summed E-state index contributed by atoms with van der Waals surface area (Å²) in [7, 11) is 2.23. The molecular weight excluding hydrogens is 374 g/mol. The first-order chi connectivity index (χ1) is 13.6. The van der Waals surface area contributed by atoms with E-state index in [4.69, 9.17) is 9.40 Å². The van der Waals surface area contributed by atoms with Crippen molar-refractivity contribution in [3.05, 3.63) is 35.4 Å². The van der Waals surface area contributed by atoms with Crippen molar-refractivity contribution >= 4 is 23.5 Å². The molecule has 4 rings (SSSR count). The van der Waals surface area contributed by atoms with E-state index in [1.807, 2.05) is 6.07 Å². The molecule has 28 heavy (non-hydrogen) atoms. The number of hydrogen-bond acceptors (Lipinski definition) is 6. The van der Waals surface area contributed by atoms with Crippen molar-refractivity contribution in [3.8, 4) is 0 Å². The second kappa shape index (κ2) is 8.53. The Kier molecular flexibility index (Phi) is 5.87. The fraction of sp³-hybridized carbons (Fsp3) is 0.550. The molecule has 2 fully saturated rings. The van der Waals surface area contributed by atoms with Gasteiger partial charge in [0.15, 0.2) is 10.9 Å². The second-order valence-electron chi connectivity index (χ2n) is 7.60. The standard InChI is InChI=1S/C20H27N5O2S/c1-3-14-12-18(25-10-8-24(2)9-11-25)23-20(22-14)28-13-16-6-7-17(27-16)19(26)21-15-4-5-15/h6-7,12,15H,3-5,8-11,13H2,1-2H3,(H,21,26)/p+1. The number of nitrogens with zero attached hydrogens (tertiary/aromatic N) is 3. The molecule has 2 N–H and O–H groups in total. The van der Waals surface area contributed by atoms with Gasteiger partial charge < -0.3 is 19.5 Å². The minimum absolute atomic E-state index is 0.123. The highest BCUT2D eigenvalue weighted by Gasteiger charge is 2.25. The first-order valence-corrected chi connectivity index (χ1v) is 11.1. The molecule has 8 heteroatoms. The highest BCUT2D eigenvalue weighted by Crippen LogP contribution is 2.25. The van der Waals surface area contributed by atoms with Crippen molar-refractivity contribution in [2.24, 2.45) is 0 Å². The monoisotopic (exact) mass is 402 g/mol. The molecule has 0 atom stereocenters. The van der Waals surface area contributed by atoms with Gasteiger partial charge in [0, 0.05) is 17.8 Å². The van der Waals surface area contributed by atoms with Crippen LogP contribution in [0.25, 0.3) is 0 Å². The third-order valence-corrected chi connectivity index (χ3v) is 6.06. The SMILES string of the molecule is CCc1cc(N2CC[NH+](C)CC2)nc(SCc2ccc(C(=O)NC3CC3)o2)n1. The zero-order chi connectivity index (χ0) is 19.5. The lowest BCUT2D eigenvalue weighted by atomic mass is 10.3. The number of aromatic nitrogens is 2. The van der Waals surface area contributed by atoms with E-state index >= 15 is 0 Å². The number of aryl methyl sites for hydroxylation is 1. The fourth-order valence-corrected chi connectivity index (χ4v) is 3.95. The van der Waals surface area contributed by atoms with Crippen molar-refractivity contribution in [1.82, 2.24) is 15.3 Å². The van der Waals surface area contributed by atoms with Crippen LogP contribution in [0.5, 0.6) is 0 Å². The van der Waals surface area contributed by atoms with E-state index in [9.17, 15) is 4.79 Å². The van der Waals surface area contributed by atoms with Crippen LogP contribution in [0.4, 0.5) is 5.82 Å². The van der Waals surface area contributed by atoms with Crippen molar-refractivity contribution in [2.45, 2.75) is 43.1 Å². The maximum absolute atomic E-state index is 12.1. The summed E-state index contributed by atoms with van der Waals surface area (Å²) < 4.78 is 5.71. The van der Waals surface area contributed by atoms with Gasteiger partial charge in [0.05, 0.1) is 39.0 Å². The molecule has 0 bridgehead atoms. The summed E-state index contributed by atoms with van der Waals surface area (Å²) in [6.45, 7) is 6.42. The molecule has 0 radical (unpaired) electrons. The molecule has 1 aliphatic carbocycles. The number of quaternary nitrogens is 1. The summed E-state index contributed by atoms with van der Waals surface area (Å²) in [5, 5.41) is 3.71. The van der Waals surface area contributed by atoms with Crippen LogP contribution in [-0.4, -0.2) is 55.1 Å². The molecule has 150 valence electrons. The number of anilines is 1. The number of furan rings is 1. The zero-order valence-corrected chi connectivity index (χ0v) is 17.3. The Hall–Kier alpha value is -2.06.